The minimum Gasteiger partial charge on any atom is -0.283 e. The highest BCUT2D eigenvalue weighted by molar-refractivity contribution is 7.15. The number of hydrogen-bond donors (Lipinski definition) is 0. The number of fused-ring (bicyclic) bond motifs is 3. The summed E-state index contributed by atoms with van der Waals surface area (Å²) in [4.78, 5) is 5.80. The van der Waals surface area contributed by atoms with Gasteiger partial charge in [0.25, 0.3) is 0 Å². The lowest BCUT2D eigenvalue weighted by Gasteiger charge is -2.03. The minimum absolute atomic E-state index is 1.06. The first-order chi connectivity index (χ1) is 9.74. The predicted molar refractivity (Wildman–Crippen MR) is 85.5 cm³/mol. The predicted octanol–water partition coefficient (Wildman–Crippen LogP) is 4.83. The van der Waals surface area contributed by atoms with E-state index in [1.54, 1.807) is 11.3 Å². The quantitative estimate of drug-likeness (QED) is 0.487. The Morgan fingerprint density at radius 1 is 1.00 bits per heavy atom. The summed E-state index contributed by atoms with van der Waals surface area (Å²) in [5.74, 6) is 0. The summed E-state index contributed by atoms with van der Waals surface area (Å²) in [6.07, 6.45) is 0. The maximum Gasteiger partial charge on any atom is 0.195 e. The Balaban J connectivity index is 2.11. The number of benzene rings is 2. The third-order valence-corrected chi connectivity index (χ3v) is 4.65. The van der Waals surface area contributed by atoms with Crippen molar-refractivity contribution in [3.63, 3.8) is 0 Å². The van der Waals surface area contributed by atoms with Crippen LogP contribution in [-0.4, -0.2) is 9.38 Å². The third-order valence-electron chi connectivity index (χ3n) is 3.83. The van der Waals surface area contributed by atoms with Gasteiger partial charge in [-0.2, -0.15) is 0 Å². The number of imidazole rings is 1. The van der Waals surface area contributed by atoms with E-state index in [4.69, 9.17) is 4.98 Å². The van der Waals surface area contributed by atoms with Crippen LogP contribution < -0.4 is 0 Å². The van der Waals surface area contributed by atoms with Crippen molar-refractivity contribution in [2.75, 3.05) is 0 Å². The van der Waals surface area contributed by atoms with Gasteiger partial charge in [0.2, 0.25) is 0 Å². The lowest BCUT2D eigenvalue weighted by atomic mass is 10.1. The van der Waals surface area contributed by atoms with Crippen molar-refractivity contribution < 1.29 is 0 Å². The van der Waals surface area contributed by atoms with Crippen LogP contribution in [0.5, 0.6) is 0 Å². The van der Waals surface area contributed by atoms with E-state index in [1.165, 1.54) is 27.9 Å². The Morgan fingerprint density at radius 2 is 1.75 bits per heavy atom. The summed E-state index contributed by atoms with van der Waals surface area (Å²) in [6.45, 7) is 4.29. The van der Waals surface area contributed by atoms with Gasteiger partial charge < -0.3 is 0 Å². The summed E-state index contributed by atoms with van der Waals surface area (Å²) in [6, 6.07) is 14.9. The molecule has 0 aliphatic heterocycles. The van der Waals surface area contributed by atoms with Gasteiger partial charge in [-0.15, -0.1) is 11.3 Å². The van der Waals surface area contributed by atoms with Crippen molar-refractivity contribution in [2.45, 2.75) is 13.8 Å². The molecule has 2 nitrogen and oxygen atoms in total. The third kappa shape index (κ3) is 1.60. The van der Waals surface area contributed by atoms with Crippen LogP contribution in [0.2, 0.25) is 0 Å². The zero-order chi connectivity index (χ0) is 13.7. The first-order valence-electron chi connectivity index (χ1n) is 6.66. The molecule has 20 heavy (non-hydrogen) atoms. The van der Waals surface area contributed by atoms with Crippen molar-refractivity contribution in [1.82, 2.24) is 9.38 Å². The zero-order valence-electron chi connectivity index (χ0n) is 11.4. The molecule has 0 atom stereocenters. The fourth-order valence-electron chi connectivity index (χ4n) is 2.59. The molecule has 0 bridgehead atoms. The van der Waals surface area contributed by atoms with E-state index in [1.807, 2.05) is 6.07 Å². The highest BCUT2D eigenvalue weighted by Gasteiger charge is 2.12. The molecule has 3 heteroatoms. The second-order valence-corrected chi connectivity index (χ2v) is 5.98. The monoisotopic (exact) mass is 278 g/mol. The number of rotatable bonds is 1. The van der Waals surface area contributed by atoms with Gasteiger partial charge in [-0.1, -0.05) is 30.3 Å². The van der Waals surface area contributed by atoms with Crippen molar-refractivity contribution in [2.24, 2.45) is 0 Å². The molecule has 0 aliphatic rings. The van der Waals surface area contributed by atoms with Crippen LogP contribution >= 0.6 is 11.3 Å². The van der Waals surface area contributed by atoms with Crippen LogP contribution in [0.25, 0.3) is 27.3 Å². The molecule has 4 rings (SSSR count). The summed E-state index contributed by atoms with van der Waals surface area (Å²) in [5, 5.41) is 2.19. The van der Waals surface area contributed by atoms with Gasteiger partial charge in [-0.05, 0) is 42.7 Å². The van der Waals surface area contributed by atoms with Crippen LogP contribution in [0.1, 0.15) is 11.1 Å². The molecular weight excluding hydrogens is 264 g/mol. The Labute approximate surface area is 121 Å². The largest absolute Gasteiger partial charge is 0.283 e. The smallest absolute Gasteiger partial charge is 0.195 e. The second kappa shape index (κ2) is 4.18. The summed E-state index contributed by atoms with van der Waals surface area (Å²) >= 11 is 1.70. The Kier molecular flexibility index (Phi) is 2.44. The van der Waals surface area contributed by atoms with Crippen molar-refractivity contribution in [3.05, 3.63) is 59.0 Å². The van der Waals surface area contributed by atoms with Crippen LogP contribution in [-0.2, 0) is 0 Å². The summed E-state index contributed by atoms with van der Waals surface area (Å²) < 4.78 is 2.27. The van der Waals surface area contributed by atoms with E-state index in [0.717, 1.165) is 10.5 Å². The second-order valence-electron chi connectivity index (χ2n) is 5.14. The molecule has 0 amide bonds. The normalized spacial score (nSPS) is 11.5. The van der Waals surface area contributed by atoms with E-state index in [0.29, 0.717) is 0 Å². The molecule has 0 unspecified atom stereocenters. The number of aryl methyl sites for hydroxylation is 2. The molecule has 0 fully saturated rings. The molecule has 0 aliphatic carbocycles. The van der Waals surface area contributed by atoms with Crippen LogP contribution in [0.4, 0.5) is 0 Å². The SMILES string of the molecule is Cc1cc2nc3scc(-c4ccccc4)n3c2cc1C. The standard InChI is InChI=1S/C17H14N2S/c1-11-8-14-15(9-12(11)2)19-16(10-20-17(19)18-14)13-6-4-3-5-7-13/h3-10H,1-2H3. The van der Waals surface area contributed by atoms with E-state index in [-0.39, 0.29) is 0 Å². The Bertz CT molecular complexity index is 916. The first-order valence-corrected chi connectivity index (χ1v) is 7.54. The van der Waals surface area contributed by atoms with Crippen molar-refractivity contribution in [3.8, 4) is 11.3 Å². The summed E-state index contributed by atoms with van der Waals surface area (Å²) in [5.41, 5.74) is 7.34. The number of aromatic nitrogens is 2. The van der Waals surface area contributed by atoms with Gasteiger partial charge in [0.1, 0.15) is 0 Å². The molecule has 0 saturated heterocycles. The highest BCUT2D eigenvalue weighted by atomic mass is 32.1. The number of thiazole rings is 1. The molecule has 98 valence electrons. The fraction of sp³-hybridized carbons (Fsp3) is 0.118. The number of hydrogen-bond acceptors (Lipinski definition) is 2. The van der Waals surface area contributed by atoms with Gasteiger partial charge >= 0.3 is 0 Å². The molecule has 0 radical (unpaired) electrons. The highest BCUT2D eigenvalue weighted by Crippen LogP contribution is 2.31. The molecule has 2 aromatic carbocycles. The maximum absolute atomic E-state index is 4.74. The van der Waals surface area contributed by atoms with E-state index in [9.17, 15) is 0 Å². The molecule has 2 heterocycles. The number of nitrogens with zero attached hydrogens (tertiary/aromatic N) is 2. The van der Waals surface area contributed by atoms with Gasteiger partial charge in [-0.25, -0.2) is 4.98 Å². The molecular formula is C17H14N2S. The zero-order valence-corrected chi connectivity index (χ0v) is 12.2. The molecule has 0 spiro atoms. The van der Waals surface area contributed by atoms with Gasteiger partial charge in [0.15, 0.2) is 4.96 Å². The average Bonchev–Trinajstić information content (AvgIpc) is 3.00. The molecule has 4 aromatic rings. The van der Waals surface area contributed by atoms with Crippen LogP contribution in [0, 0.1) is 13.8 Å². The van der Waals surface area contributed by atoms with Crippen LogP contribution in [0.3, 0.4) is 0 Å². The first kappa shape index (κ1) is 11.7. The van der Waals surface area contributed by atoms with Gasteiger partial charge in [0.05, 0.1) is 16.7 Å². The van der Waals surface area contributed by atoms with E-state index in [2.05, 4.69) is 60.0 Å². The van der Waals surface area contributed by atoms with Crippen molar-refractivity contribution >= 4 is 27.3 Å². The Hall–Kier alpha value is -2.13. The van der Waals surface area contributed by atoms with Gasteiger partial charge in [-0.3, -0.25) is 4.40 Å². The van der Waals surface area contributed by atoms with Crippen LogP contribution in [0.15, 0.2) is 47.8 Å². The van der Waals surface area contributed by atoms with Gasteiger partial charge in [0, 0.05) is 5.38 Å². The average molecular weight is 278 g/mol. The molecule has 2 aromatic heterocycles. The maximum atomic E-state index is 4.74. The molecule has 0 N–H and O–H groups in total. The topological polar surface area (TPSA) is 17.3 Å². The minimum atomic E-state index is 1.06. The summed E-state index contributed by atoms with van der Waals surface area (Å²) in [7, 11) is 0. The lowest BCUT2D eigenvalue weighted by molar-refractivity contribution is 1.27. The van der Waals surface area contributed by atoms with E-state index < -0.39 is 0 Å². The van der Waals surface area contributed by atoms with Crippen molar-refractivity contribution in [1.29, 1.82) is 0 Å². The fourth-order valence-corrected chi connectivity index (χ4v) is 3.50. The molecule has 0 saturated carbocycles. The van der Waals surface area contributed by atoms with E-state index >= 15 is 0 Å². The Morgan fingerprint density at radius 3 is 2.55 bits per heavy atom. The lowest BCUT2D eigenvalue weighted by Crippen LogP contribution is -1.87.